The van der Waals surface area contributed by atoms with Crippen LogP contribution in [0.2, 0.25) is 14.4 Å². The molecule has 3 aromatic rings. The SMILES string of the molecule is O=S(=O)(Nc1ncc(Cl)s1)c1cc(Cl)c(NCc2ccc(Cl)cc2N2CCCCCC2)cc1F. The Hall–Kier alpha value is -1.78. The minimum absolute atomic E-state index is 0.0338. The molecule has 0 radical (unpaired) electrons. The van der Waals surface area contributed by atoms with Crippen LogP contribution in [0.15, 0.2) is 41.4 Å². The molecule has 6 nitrogen and oxygen atoms in total. The van der Waals surface area contributed by atoms with E-state index in [1.807, 2.05) is 18.2 Å². The maximum absolute atomic E-state index is 14.8. The number of thiazole rings is 1. The molecule has 2 heterocycles. The first-order valence-electron chi connectivity index (χ1n) is 10.6. The Morgan fingerprint density at radius 2 is 1.79 bits per heavy atom. The molecule has 1 aliphatic rings. The number of hydrogen-bond acceptors (Lipinski definition) is 6. The van der Waals surface area contributed by atoms with Crippen LogP contribution in [0, 0.1) is 5.82 Å². The fraction of sp³-hybridized carbons (Fsp3) is 0.318. The summed E-state index contributed by atoms with van der Waals surface area (Å²) in [5, 5.41) is 3.89. The van der Waals surface area contributed by atoms with E-state index in [1.165, 1.54) is 19.0 Å². The maximum atomic E-state index is 14.8. The molecule has 1 fully saturated rings. The summed E-state index contributed by atoms with van der Waals surface area (Å²) in [7, 11) is -4.24. The number of hydrogen-bond donors (Lipinski definition) is 2. The number of nitrogens with one attached hydrogen (secondary N) is 2. The molecule has 0 spiro atoms. The van der Waals surface area contributed by atoms with Gasteiger partial charge >= 0.3 is 0 Å². The fourth-order valence-electron chi connectivity index (χ4n) is 3.82. The molecule has 1 aliphatic heterocycles. The fourth-order valence-corrected chi connectivity index (χ4v) is 6.43. The molecule has 34 heavy (non-hydrogen) atoms. The van der Waals surface area contributed by atoms with Crippen LogP contribution in [-0.2, 0) is 16.6 Å². The normalized spacial score (nSPS) is 14.6. The van der Waals surface area contributed by atoms with E-state index in [4.69, 9.17) is 34.8 Å². The number of rotatable bonds is 7. The van der Waals surface area contributed by atoms with Gasteiger partial charge in [0, 0.05) is 30.3 Å². The zero-order valence-electron chi connectivity index (χ0n) is 18.0. The summed E-state index contributed by atoms with van der Waals surface area (Å²) in [5.74, 6) is -0.939. The Labute approximate surface area is 217 Å². The Morgan fingerprint density at radius 3 is 2.47 bits per heavy atom. The van der Waals surface area contributed by atoms with Gasteiger partial charge < -0.3 is 10.2 Å². The highest BCUT2D eigenvalue weighted by atomic mass is 35.5. The second-order valence-corrected chi connectivity index (χ2v) is 12.0. The van der Waals surface area contributed by atoms with Crippen molar-refractivity contribution in [3.05, 3.63) is 62.3 Å². The van der Waals surface area contributed by atoms with Crippen LogP contribution >= 0.6 is 46.1 Å². The highest BCUT2D eigenvalue weighted by molar-refractivity contribution is 7.93. The minimum atomic E-state index is -4.24. The summed E-state index contributed by atoms with van der Waals surface area (Å²) in [6.07, 6.45) is 5.96. The van der Waals surface area contributed by atoms with Gasteiger partial charge in [0.2, 0.25) is 0 Å². The number of anilines is 3. The molecule has 2 N–H and O–H groups in total. The third-order valence-electron chi connectivity index (χ3n) is 5.47. The average Bonchev–Trinajstić information content (AvgIpc) is 3.01. The van der Waals surface area contributed by atoms with E-state index in [0.29, 0.717) is 15.9 Å². The van der Waals surface area contributed by atoms with E-state index in [0.717, 1.165) is 60.7 Å². The van der Waals surface area contributed by atoms with Gasteiger partial charge in [-0.05, 0) is 42.7 Å². The van der Waals surface area contributed by atoms with Gasteiger partial charge in [-0.1, -0.05) is 65.0 Å². The Balaban J connectivity index is 1.54. The Bertz CT molecular complexity index is 1280. The molecular formula is C22H22Cl3FN4O2S2. The Morgan fingerprint density at radius 1 is 1.06 bits per heavy atom. The summed E-state index contributed by atoms with van der Waals surface area (Å²) >= 11 is 19.3. The zero-order chi connectivity index (χ0) is 24.3. The third-order valence-corrected chi connectivity index (χ3v) is 8.53. The van der Waals surface area contributed by atoms with Gasteiger partial charge in [0.1, 0.15) is 15.0 Å². The van der Waals surface area contributed by atoms with E-state index < -0.39 is 20.7 Å². The van der Waals surface area contributed by atoms with E-state index >= 15 is 0 Å². The van der Waals surface area contributed by atoms with Gasteiger partial charge in [-0.2, -0.15) is 0 Å². The molecule has 0 atom stereocenters. The standard InChI is InChI=1S/C22H22Cl3FN4O2S2/c23-15-6-5-14(19(9-15)30-7-3-1-2-4-8-30)12-27-18-11-17(26)20(10-16(18)24)34(31,32)29-22-28-13-21(25)33-22/h5-6,9-11,13,27H,1-4,7-8,12H2,(H,28,29). The summed E-state index contributed by atoms with van der Waals surface area (Å²) in [4.78, 5) is 5.58. The predicted molar refractivity (Wildman–Crippen MR) is 139 cm³/mol. The smallest absolute Gasteiger partial charge is 0.266 e. The van der Waals surface area contributed by atoms with Crippen LogP contribution in [0.5, 0.6) is 0 Å². The first kappa shape index (κ1) is 25.3. The molecule has 0 bridgehead atoms. The highest BCUT2D eigenvalue weighted by Crippen LogP contribution is 2.33. The number of benzene rings is 2. The van der Waals surface area contributed by atoms with Crippen LogP contribution in [0.25, 0.3) is 0 Å². The lowest BCUT2D eigenvalue weighted by Gasteiger charge is -2.26. The number of sulfonamides is 1. The largest absolute Gasteiger partial charge is 0.380 e. The quantitative estimate of drug-likeness (QED) is 0.323. The first-order valence-corrected chi connectivity index (χ1v) is 14.1. The molecule has 2 aromatic carbocycles. The lowest BCUT2D eigenvalue weighted by molar-refractivity contribution is 0.570. The van der Waals surface area contributed by atoms with Crippen molar-refractivity contribution in [1.82, 2.24) is 4.98 Å². The van der Waals surface area contributed by atoms with Crippen LogP contribution in [-0.4, -0.2) is 26.5 Å². The zero-order valence-corrected chi connectivity index (χ0v) is 21.9. The summed E-state index contributed by atoms with van der Waals surface area (Å²) in [5.41, 5.74) is 2.30. The summed E-state index contributed by atoms with van der Waals surface area (Å²) in [6.45, 7) is 2.27. The van der Waals surface area contributed by atoms with Crippen molar-refractivity contribution in [2.45, 2.75) is 37.1 Å². The minimum Gasteiger partial charge on any atom is -0.380 e. The average molecular weight is 564 g/mol. The van der Waals surface area contributed by atoms with E-state index in [2.05, 4.69) is 19.9 Å². The van der Waals surface area contributed by atoms with E-state index in [-0.39, 0.29) is 15.8 Å². The second kappa shape index (κ2) is 10.9. The molecule has 0 aliphatic carbocycles. The summed E-state index contributed by atoms with van der Waals surface area (Å²) in [6, 6.07) is 7.84. The Kier molecular flexibility index (Phi) is 8.09. The molecule has 0 saturated carbocycles. The van der Waals surface area contributed by atoms with Crippen molar-refractivity contribution >= 4 is 72.7 Å². The predicted octanol–water partition coefficient (Wildman–Crippen LogP) is 7.04. The molecule has 4 rings (SSSR count). The van der Waals surface area contributed by atoms with Gasteiger partial charge in [0.05, 0.1) is 16.9 Å². The summed E-state index contributed by atoms with van der Waals surface area (Å²) < 4.78 is 42.6. The van der Waals surface area contributed by atoms with Gasteiger partial charge in [0.15, 0.2) is 5.13 Å². The van der Waals surface area contributed by atoms with Gasteiger partial charge in [0.25, 0.3) is 10.0 Å². The topological polar surface area (TPSA) is 74.3 Å². The van der Waals surface area contributed by atoms with Crippen LogP contribution in [0.1, 0.15) is 31.2 Å². The van der Waals surface area contributed by atoms with Crippen LogP contribution in [0.4, 0.5) is 20.9 Å². The van der Waals surface area contributed by atoms with Crippen molar-refractivity contribution in [1.29, 1.82) is 0 Å². The number of nitrogens with zero attached hydrogens (tertiary/aromatic N) is 2. The highest BCUT2D eigenvalue weighted by Gasteiger charge is 2.23. The molecule has 1 saturated heterocycles. The van der Waals surface area contributed by atoms with Gasteiger partial charge in [-0.15, -0.1) is 0 Å². The molecular weight excluding hydrogens is 542 g/mol. The van der Waals surface area contributed by atoms with Crippen molar-refractivity contribution in [3.63, 3.8) is 0 Å². The van der Waals surface area contributed by atoms with Crippen molar-refractivity contribution in [2.75, 3.05) is 28.0 Å². The monoisotopic (exact) mass is 562 g/mol. The lowest BCUT2D eigenvalue weighted by atomic mass is 10.1. The third kappa shape index (κ3) is 6.07. The molecule has 12 heteroatoms. The van der Waals surface area contributed by atoms with E-state index in [9.17, 15) is 12.8 Å². The number of aromatic nitrogens is 1. The first-order chi connectivity index (χ1) is 16.2. The molecule has 182 valence electrons. The van der Waals surface area contributed by atoms with Crippen molar-refractivity contribution in [2.24, 2.45) is 0 Å². The second-order valence-electron chi connectivity index (χ2n) is 7.87. The number of halogens is 4. The molecule has 0 amide bonds. The lowest BCUT2D eigenvalue weighted by Crippen LogP contribution is -2.25. The van der Waals surface area contributed by atoms with Crippen LogP contribution in [0.3, 0.4) is 0 Å². The van der Waals surface area contributed by atoms with Crippen LogP contribution < -0.4 is 14.9 Å². The van der Waals surface area contributed by atoms with Gasteiger partial charge in [-0.25, -0.2) is 17.8 Å². The van der Waals surface area contributed by atoms with Crippen molar-refractivity contribution in [3.8, 4) is 0 Å². The van der Waals surface area contributed by atoms with E-state index in [1.54, 1.807) is 0 Å². The molecule has 0 unspecified atom stereocenters. The van der Waals surface area contributed by atoms with Crippen molar-refractivity contribution < 1.29 is 12.8 Å². The van der Waals surface area contributed by atoms with Gasteiger partial charge in [-0.3, -0.25) is 4.72 Å². The maximum Gasteiger partial charge on any atom is 0.266 e. The molecule has 1 aromatic heterocycles.